The van der Waals surface area contributed by atoms with E-state index in [-0.39, 0.29) is 29.0 Å². The highest BCUT2D eigenvalue weighted by Gasteiger charge is 2.65. The molecule has 0 aromatic carbocycles. The predicted molar refractivity (Wildman–Crippen MR) is 113 cm³/mol. The van der Waals surface area contributed by atoms with Gasteiger partial charge in [-0.25, -0.2) is 0 Å². The second-order valence-electron chi connectivity index (χ2n) is 11.1. The minimum Gasteiger partial charge on any atom is -0.469 e. The molecule has 0 aliphatic heterocycles. The number of hydrogen-bond donors (Lipinski definition) is 2. The maximum absolute atomic E-state index is 11.6. The highest BCUT2D eigenvalue weighted by Crippen LogP contribution is 2.67. The Morgan fingerprint density at radius 3 is 2.69 bits per heavy atom. The molecule has 4 aliphatic carbocycles. The van der Waals surface area contributed by atoms with Crippen molar-refractivity contribution >= 4 is 5.97 Å². The second kappa shape index (κ2) is 7.67. The van der Waals surface area contributed by atoms with Gasteiger partial charge < -0.3 is 14.9 Å². The van der Waals surface area contributed by atoms with Crippen molar-refractivity contribution in [1.29, 1.82) is 0 Å². The van der Waals surface area contributed by atoms with Crippen LogP contribution in [0, 0.1) is 46.3 Å². The summed E-state index contributed by atoms with van der Waals surface area (Å²) in [6.07, 6.45) is 11.5. The van der Waals surface area contributed by atoms with Gasteiger partial charge in [0.2, 0.25) is 0 Å². The molecule has 4 nitrogen and oxygen atoms in total. The molecule has 0 amide bonds. The molecule has 0 bridgehead atoms. The minimum absolute atomic E-state index is 0.146. The van der Waals surface area contributed by atoms with Crippen LogP contribution in [0.25, 0.3) is 0 Å². The third kappa shape index (κ3) is 3.20. The van der Waals surface area contributed by atoms with Crippen LogP contribution < -0.4 is 0 Å². The summed E-state index contributed by atoms with van der Waals surface area (Å²) >= 11 is 0. The van der Waals surface area contributed by atoms with E-state index in [1.807, 2.05) is 0 Å². The number of esters is 1. The summed E-state index contributed by atoms with van der Waals surface area (Å²) in [6, 6.07) is 0. The lowest BCUT2D eigenvalue weighted by Gasteiger charge is -2.62. The van der Waals surface area contributed by atoms with Gasteiger partial charge in [0.05, 0.1) is 19.3 Å². The molecular weight excluding hydrogens is 364 g/mol. The number of fused-ring (bicyclic) bond motifs is 5. The second-order valence-corrected chi connectivity index (χ2v) is 11.1. The molecule has 4 aliphatic rings. The van der Waals surface area contributed by atoms with Gasteiger partial charge in [0.1, 0.15) is 0 Å². The van der Waals surface area contributed by atoms with Crippen molar-refractivity contribution in [3.8, 4) is 0 Å². The van der Waals surface area contributed by atoms with E-state index in [2.05, 4.69) is 32.9 Å². The zero-order valence-electron chi connectivity index (χ0n) is 18.6. The van der Waals surface area contributed by atoms with Crippen molar-refractivity contribution in [3.63, 3.8) is 0 Å². The molecule has 3 saturated carbocycles. The summed E-state index contributed by atoms with van der Waals surface area (Å²) in [4.78, 5) is 11.6. The van der Waals surface area contributed by atoms with Gasteiger partial charge in [0.25, 0.3) is 0 Å². The Bertz CT molecular complexity index is 659. The maximum Gasteiger partial charge on any atom is 0.305 e. The zero-order chi connectivity index (χ0) is 21.0. The Morgan fingerprint density at radius 1 is 1.21 bits per heavy atom. The average Bonchev–Trinajstić information content (AvgIpc) is 3.05. The van der Waals surface area contributed by atoms with Crippen molar-refractivity contribution in [2.24, 2.45) is 46.3 Å². The fraction of sp³-hybridized carbons (Fsp3) is 0.880. The van der Waals surface area contributed by atoms with E-state index >= 15 is 0 Å². The van der Waals surface area contributed by atoms with Crippen LogP contribution in [0.5, 0.6) is 0 Å². The van der Waals surface area contributed by atoms with Crippen LogP contribution in [0.3, 0.4) is 0 Å². The first kappa shape index (κ1) is 21.4. The summed E-state index contributed by atoms with van der Waals surface area (Å²) in [6.45, 7) is 6.94. The summed E-state index contributed by atoms with van der Waals surface area (Å²) in [7, 11) is 1.45. The third-order valence-corrected chi connectivity index (χ3v) is 10.1. The van der Waals surface area contributed by atoms with Gasteiger partial charge in [-0.05, 0) is 91.3 Å². The zero-order valence-corrected chi connectivity index (χ0v) is 18.6. The molecule has 4 rings (SSSR count). The van der Waals surface area contributed by atoms with Gasteiger partial charge in [-0.3, -0.25) is 4.79 Å². The largest absolute Gasteiger partial charge is 0.469 e. The molecule has 0 saturated heterocycles. The van der Waals surface area contributed by atoms with Gasteiger partial charge in [-0.2, -0.15) is 0 Å². The summed E-state index contributed by atoms with van der Waals surface area (Å²) < 4.78 is 4.84. The van der Waals surface area contributed by atoms with Crippen molar-refractivity contribution in [2.45, 2.75) is 84.3 Å². The average molecular weight is 405 g/mol. The molecule has 4 heteroatoms. The standard InChI is InChI=1S/C25H40O4/c1-15(8-11-22(28)29-4)17-9-10-18-23-19(14-21(27)25(17,18)3)24(2)12-6-5-7-16(24)13-20(23)26/h5,7,15-21,23,26-27H,6,8-14H2,1-4H3/t15-,16+,17-,18+,19+,20-,21+,23+,24+,25-/m1/s1. The highest BCUT2D eigenvalue weighted by atomic mass is 16.5. The highest BCUT2D eigenvalue weighted by molar-refractivity contribution is 5.69. The Kier molecular flexibility index (Phi) is 5.65. The summed E-state index contributed by atoms with van der Waals surface area (Å²) in [5, 5.41) is 22.8. The lowest BCUT2D eigenvalue weighted by Crippen LogP contribution is -2.61. The van der Waals surface area contributed by atoms with E-state index < -0.39 is 0 Å². The van der Waals surface area contributed by atoms with E-state index in [4.69, 9.17) is 4.74 Å². The number of aliphatic hydroxyl groups is 2. The number of hydrogen-bond acceptors (Lipinski definition) is 4. The van der Waals surface area contributed by atoms with Crippen LogP contribution in [-0.2, 0) is 9.53 Å². The van der Waals surface area contributed by atoms with E-state index in [0.29, 0.717) is 41.9 Å². The third-order valence-electron chi connectivity index (χ3n) is 10.1. The monoisotopic (exact) mass is 404 g/mol. The first-order chi connectivity index (χ1) is 13.7. The van der Waals surface area contributed by atoms with Crippen LogP contribution in [0.4, 0.5) is 0 Å². The fourth-order valence-electron chi connectivity index (χ4n) is 8.37. The Balaban J connectivity index is 1.59. The van der Waals surface area contributed by atoms with Crippen LogP contribution in [0.1, 0.15) is 72.1 Å². The molecule has 0 unspecified atom stereocenters. The first-order valence-electron chi connectivity index (χ1n) is 11.8. The first-order valence-corrected chi connectivity index (χ1v) is 11.8. The normalized spacial score (nSPS) is 49.7. The summed E-state index contributed by atoms with van der Waals surface area (Å²) in [5.74, 6) is 2.15. The quantitative estimate of drug-likeness (QED) is 0.540. The fourth-order valence-corrected chi connectivity index (χ4v) is 8.37. The van der Waals surface area contributed by atoms with Crippen molar-refractivity contribution < 1.29 is 19.7 Å². The Morgan fingerprint density at radius 2 is 1.97 bits per heavy atom. The molecule has 0 radical (unpaired) electrons. The van der Waals surface area contributed by atoms with Crippen LogP contribution in [0.2, 0.25) is 0 Å². The Labute approximate surface area is 176 Å². The SMILES string of the molecule is COC(=O)CC[C@@H](C)[C@H]1CC[C@H]2[C@@H]3[C@H](O)C[C@@H]4C=CCC[C@]4(C)[C@H]3C[C@H](O)[C@]12C. The van der Waals surface area contributed by atoms with Gasteiger partial charge in [0, 0.05) is 6.42 Å². The smallest absolute Gasteiger partial charge is 0.305 e. The molecule has 0 aromatic rings. The molecule has 0 spiro atoms. The van der Waals surface area contributed by atoms with Crippen LogP contribution in [-0.4, -0.2) is 35.5 Å². The number of carbonyl (C=O) groups excluding carboxylic acids is 1. The van der Waals surface area contributed by atoms with Gasteiger partial charge in [-0.1, -0.05) is 32.9 Å². The molecular formula is C25H40O4. The van der Waals surface area contributed by atoms with Gasteiger partial charge in [0.15, 0.2) is 0 Å². The lowest BCUT2D eigenvalue weighted by molar-refractivity contribution is -0.191. The Hall–Kier alpha value is -0.870. The molecule has 164 valence electrons. The number of rotatable bonds is 4. The van der Waals surface area contributed by atoms with Crippen molar-refractivity contribution in [1.82, 2.24) is 0 Å². The van der Waals surface area contributed by atoms with Gasteiger partial charge >= 0.3 is 5.97 Å². The number of methoxy groups -OCH3 is 1. The molecule has 0 aromatic heterocycles. The van der Waals surface area contributed by atoms with Crippen molar-refractivity contribution in [3.05, 3.63) is 12.2 Å². The van der Waals surface area contributed by atoms with E-state index in [1.165, 1.54) is 13.5 Å². The number of carbonyl (C=O) groups is 1. The molecule has 29 heavy (non-hydrogen) atoms. The van der Waals surface area contributed by atoms with E-state index in [9.17, 15) is 15.0 Å². The van der Waals surface area contributed by atoms with Crippen LogP contribution in [0.15, 0.2) is 12.2 Å². The van der Waals surface area contributed by atoms with Crippen molar-refractivity contribution in [2.75, 3.05) is 7.11 Å². The van der Waals surface area contributed by atoms with Gasteiger partial charge in [-0.15, -0.1) is 0 Å². The topological polar surface area (TPSA) is 66.8 Å². The predicted octanol–water partition coefficient (Wildman–Crippen LogP) is 4.34. The molecule has 10 atom stereocenters. The molecule has 0 heterocycles. The number of aliphatic hydroxyl groups excluding tert-OH is 2. The maximum atomic E-state index is 11.6. The van der Waals surface area contributed by atoms with E-state index in [1.54, 1.807) is 0 Å². The lowest BCUT2D eigenvalue weighted by atomic mass is 9.44. The molecule has 3 fully saturated rings. The van der Waals surface area contributed by atoms with Crippen LogP contribution >= 0.6 is 0 Å². The van der Waals surface area contributed by atoms with E-state index in [0.717, 1.165) is 38.5 Å². The number of allylic oxidation sites excluding steroid dienone is 2. The molecule has 2 N–H and O–H groups in total. The number of ether oxygens (including phenoxy) is 1. The minimum atomic E-state index is -0.324. The summed E-state index contributed by atoms with van der Waals surface area (Å²) in [5.41, 5.74) is 0.0426.